The monoisotopic (exact) mass is 577 g/mol. The topological polar surface area (TPSA) is 96.0 Å². The number of benzene rings is 2. The van der Waals surface area contributed by atoms with E-state index in [9.17, 15) is 31.2 Å². The average molecular weight is 578 g/mol. The van der Waals surface area contributed by atoms with Crippen molar-refractivity contribution in [2.45, 2.75) is 52.0 Å². The fourth-order valence-corrected chi connectivity index (χ4v) is 4.58. The summed E-state index contributed by atoms with van der Waals surface area (Å²) in [4.78, 5) is 27.6. The van der Waals surface area contributed by atoms with Gasteiger partial charge in [0.25, 0.3) is 0 Å². The van der Waals surface area contributed by atoms with Crippen molar-refractivity contribution in [3.8, 4) is 5.75 Å². The Hall–Kier alpha value is -2.99. The Balaban J connectivity index is 2.49. The number of alkyl halides is 3. The van der Waals surface area contributed by atoms with E-state index in [1.165, 1.54) is 18.9 Å². The van der Waals surface area contributed by atoms with Gasteiger partial charge < -0.3 is 15.0 Å². The maximum Gasteiger partial charge on any atom is 0.417 e. The van der Waals surface area contributed by atoms with E-state index in [-0.39, 0.29) is 12.6 Å². The Labute approximate surface area is 225 Å². The van der Waals surface area contributed by atoms with Gasteiger partial charge in [0.05, 0.1) is 29.6 Å². The number of nitrogens with one attached hydrogen (secondary N) is 1. The Morgan fingerprint density at radius 1 is 1.13 bits per heavy atom. The number of halogens is 4. The molecule has 0 aliphatic rings. The van der Waals surface area contributed by atoms with Gasteiger partial charge in [-0.2, -0.15) is 13.2 Å². The van der Waals surface area contributed by atoms with Crippen LogP contribution in [0.25, 0.3) is 0 Å². The van der Waals surface area contributed by atoms with Gasteiger partial charge in [-0.1, -0.05) is 30.7 Å². The molecular weight excluding hydrogens is 547 g/mol. The molecule has 2 aromatic carbocycles. The van der Waals surface area contributed by atoms with Crippen LogP contribution in [-0.2, 0) is 32.3 Å². The highest BCUT2D eigenvalue weighted by molar-refractivity contribution is 7.92. The maximum atomic E-state index is 13.5. The zero-order chi connectivity index (χ0) is 28.8. The van der Waals surface area contributed by atoms with E-state index in [1.807, 2.05) is 6.92 Å². The van der Waals surface area contributed by atoms with E-state index in [0.717, 1.165) is 18.4 Å². The van der Waals surface area contributed by atoms with Gasteiger partial charge >= 0.3 is 6.18 Å². The van der Waals surface area contributed by atoms with Gasteiger partial charge in [-0.15, -0.1) is 0 Å². The van der Waals surface area contributed by atoms with Crippen molar-refractivity contribution in [3.05, 3.63) is 58.6 Å². The van der Waals surface area contributed by atoms with Crippen LogP contribution in [0.4, 0.5) is 18.9 Å². The molecular formula is C25H31ClF3N3O5S. The maximum absolute atomic E-state index is 13.5. The van der Waals surface area contributed by atoms with E-state index in [1.54, 1.807) is 31.2 Å². The predicted octanol–water partition coefficient (Wildman–Crippen LogP) is 4.47. The number of carbonyl (C=O) groups excluding carboxylic acids is 2. The summed E-state index contributed by atoms with van der Waals surface area (Å²) in [6, 6.07) is 8.10. The molecule has 0 spiro atoms. The lowest BCUT2D eigenvalue weighted by Crippen LogP contribution is -2.52. The Morgan fingerprint density at radius 3 is 2.34 bits per heavy atom. The van der Waals surface area contributed by atoms with Crippen LogP contribution in [0.15, 0.2) is 42.5 Å². The third kappa shape index (κ3) is 8.26. The SMILES string of the molecule is CCC(C)NC(=O)C(C)N(Cc1cccc(OC)c1)C(=O)CN(c1ccc(Cl)c(C(F)(F)F)c1)S(C)(=O)=O. The molecule has 2 amide bonds. The number of hydrogen-bond acceptors (Lipinski definition) is 5. The van der Waals surface area contributed by atoms with Crippen LogP contribution < -0.4 is 14.4 Å². The highest BCUT2D eigenvalue weighted by atomic mass is 35.5. The molecule has 1 N–H and O–H groups in total. The molecule has 2 aromatic rings. The smallest absolute Gasteiger partial charge is 0.417 e. The van der Waals surface area contributed by atoms with E-state index in [4.69, 9.17) is 16.3 Å². The van der Waals surface area contributed by atoms with E-state index in [2.05, 4.69) is 5.32 Å². The van der Waals surface area contributed by atoms with Crippen LogP contribution in [0.5, 0.6) is 5.75 Å². The molecule has 2 unspecified atom stereocenters. The number of sulfonamides is 1. The van der Waals surface area contributed by atoms with Crippen LogP contribution in [-0.4, -0.2) is 57.1 Å². The summed E-state index contributed by atoms with van der Waals surface area (Å²) in [6.45, 7) is 4.23. The molecule has 2 rings (SSSR count). The first kappa shape index (κ1) is 31.2. The molecule has 0 saturated carbocycles. The van der Waals surface area contributed by atoms with Gasteiger partial charge in [-0.25, -0.2) is 8.42 Å². The summed E-state index contributed by atoms with van der Waals surface area (Å²) in [7, 11) is -2.75. The van der Waals surface area contributed by atoms with Crippen LogP contribution in [0, 0.1) is 0 Å². The third-order valence-corrected chi connectivity index (χ3v) is 7.35. The number of hydrogen-bond donors (Lipinski definition) is 1. The Morgan fingerprint density at radius 2 is 1.79 bits per heavy atom. The fraction of sp³-hybridized carbons (Fsp3) is 0.440. The van der Waals surface area contributed by atoms with Crippen LogP contribution in [0.2, 0.25) is 5.02 Å². The van der Waals surface area contributed by atoms with Crippen molar-refractivity contribution >= 4 is 39.1 Å². The average Bonchev–Trinajstić information content (AvgIpc) is 2.84. The van der Waals surface area contributed by atoms with Gasteiger partial charge in [-0.05, 0) is 56.2 Å². The molecule has 210 valence electrons. The van der Waals surface area contributed by atoms with Crippen LogP contribution in [0.3, 0.4) is 0 Å². The minimum Gasteiger partial charge on any atom is -0.497 e. The molecule has 38 heavy (non-hydrogen) atoms. The van der Waals surface area contributed by atoms with E-state index < -0.39 is 56.9 Å². The number of amides is 2. The molecule has 13 heteroatoms. The number of methoxy groups -OCH3 is 1. The first-order valence-corrected chi connectivity index (χ1v) is 13.9. The van der Waals surface area contributed by atoms with Crippen molar-refractivity contribution in [1.82, 2.24) is 10.2 Å². The molecule has 0 fully saturated rings. The fourth-order valence-electron chi connectivity index (χ4n) is 3.51. The highest BCUT2D eigenvalue weighted by Gasteiger charge is 2.35. The van der Waals surface area contributed by atoms with Crippen LogP contribution >= 0.6 is 11.6 Å². The second-order valence-electron chi connectivity index (χ2n) is 8.80. The second kappa shape index (κ2) is 12.7. The quantitative estimate of drug-likeness (QED) is 0.425. The lowest BCUT2D eigenvalue weighted by Gasteiger charge is -2.32. The molecule has 0 radical (unpaired) electrons. The minimum atomic E-state index is -4.85. The second-order valence-corrected chi connectivity index (χ2v) is 11.1. The first-order chi connectivity index (χ1) is 17.6. The zero-order valence-electron chi connectivity index (χ0n) is 21.7. The van der Waals surface area contributed by atoms with Gasteiger partial charge in [0.15, 0.2) is 0 Å². The highest BCUT2D eigenvalue weighted by Crippen LogP contribution is 2.37. The summed E-state index contributed by atoms with van der Waals surface area (Å²) in [5.74, 6) is -0.758. The van der Waals surface area contributed by atoms with Crippen molar-refractivity contribution in [2.75, 3.05) is 24.2 Å². The van der Waals surface area contributed by atoms with E-state index >= 15 is 0 Å². The lowest BCUT2D eigenvalue weighted by molar-refractivity contribution is -0.139. The van der Waals surface area contributed by atoms with Crippen molar-refractivity contribution in [2.24, 2.45) is 0 Å². The third-order valence-electron chi connectivity index (χ3n) is 5.88. The summed E-state index contributed by atoms with van der Waals surface area (Å²) >= 11 is 5.68. The molecule has 0 saturated heterocycles. The number of carbonyl (C=O) groups is 2. The first-order valence-electron chi connectivity index (χ1n) is 11.7. The number of ether oxygens (including phenoxy) is 1. The molecule has 0 aromatic heterocycles. The molecule has 0 aliphatic carbocycles. The normalized spacial score (nSPS) is 13.4. The largest absolute Gasteiger partial charge is 0.497 e. The van der Waals surface area contributed by atoms with Crippen molar-refractivity contribution in [3.63, 3.8) is 0 Å². The Bertz CT molecular complexity index is 1260. The molecule has 0 aliphatic heterocycles. The summed E-state index contributed by atoms with van der Waals surface area (Å²) in [5, 5.41) is 2.17. The minimum absolute atomic E-state index is 0.0862. The predicted molar refractivity (Wildman–Crippen MR) is 140 cm³/mol. The van der Waals surface area contributed by atoms with Gasteiger partial charge in [0.1, 0.15) is 18.3 Å². The number of rotatable bonds is 11. The standard InChI is InChI=1S/C25H31ClF3N3O5S/c1-6-16(2)30-24(34)17(3)31(14-18-8-7-9-20(12-18)37-4)23(33)15-32(38(5,35)36)19-10-11-22(26)21(13-19)25(27,28)29/h7-13,16-17H,6,14-15H2,1-5H3,(H,30,34). The number of anilines is 1. The molecule has 0 heterocycles. The van der Waals surface area contributed by atoms with Gasteiger partial charge in [0.2, 0.25) is 21.8 Å². The van der Waals surface area contributed by atoms with Crippen molar-refractivity contribution in [1.29, 1.82) is 0 Å². The lowest BCUT2D eigenvalue weighted by atomic mass is 10.1. The molecule has 0 bridgehead atoms. The Kier molecular flexibility index (Phi) is 10.4. The van der Waals surface area contributed by atoms with Crippen molar-refractivity contribution < 1.29 is 35.9 Å². The summed E-state index contributed by atoms with van der Waals surface area (Å²) in [6.07, 6.45) is -3.43. The summed E-state index contributed by atoms with van der Waals surface area (Å²) in [5.41, 5.74) is -1.04. The van der Waals surface area contributed by atoms with Gasteiger partial charge in [0, 0.05) is 12.6 Å². The molecule has 8 nitrogen and oxygen atoms in total. The zero-order valence-corrected chi connectivity index (χ0v) is 23.2. The van der Waals surface area contributed by atoms with E-state index in [0.29, 0.717) is 28.1 Å². The van der Waals surface area contributed by atoms with Crippen LogP contribution in [0.1, 0.15) is 38.3 Å². The number of nitrogens with zero attached hydrogens (tertiary/aromatic N) is 2. The molecule has 2 atom stereocenters. The van der Waals surface area contributed by atoms with Gasteiger partial charge in [-0.3, -0.25) is 13.9 Å². The summed E-state index contributed by atoms with van der Waals surface area (Å²) < 4.78 is 71.3.